The third kappa shape index (κ3) is 4.85. The van der Waals surface area contributed by atoms with Gasteiger partial charge in [-0.25, -0.2) is 4.39 Å². The smallest absolute Gasteiger partial charge is 0.195 e. The number of hydrogen-bond donors (Lipinski definition) is 1. The normalized spacial score (nSPS) is 22.0. The Morgan fingerprint density at radius 3 is 2.37 bits per heavy atom. The highest BCUT2D eigenvalue weighted by molar-refractivity contribution is 5.22. The van der Waals surface area contributed by atoms with Crippen LogP contribution in [-0.4, -0.2) is 49.3 Å². The molecule has 0 spiro atoms. The molecule has 3 rings (SSSR count). The number of nitrogens with zero attached hydrogens (tertiary/aromatic N) is 2. The molecule has 2 fully saturated rings. The van der Waals surface area contributed by atoms with Crippen LogP contribution in [0, 0.1) is 17.1 Å². The van der Waals surface area contributed by atoms with Gasteiger partial charge in [0.2, 0.25) is 0 Å². The first kappa shape index (κ1) is 20.2. The predicted octanol–water partition coefficient (Wildman–Crippen LogP) is 3.16. The number of rotatable bonds is 7. The Morgan fingerprint density at radius 1 is 1.19 bits per heavy atom. The molecule has 0 aromatic heterocycles. The van der Waals surface area contributed by atoms with Crippen molar-refractivity contribution in [2.75, 3.05) is 32.8 Å². The van der Waals surface area contributed by atoms with Crippen LogP contribution in [0.15, 0.2) is 24.3 Å². The lowest BCUT2D eigenvalue weighted by Crippen LogP contribution is -2.54. The Kier molecular flexibility index (Phi) is 6.48. The zero-order valence-electron chi connectivity index (χ0n) is 16.3. The minimum Gasteiger partial charge on any atom is -0.343 e. The van der Waals surface area contributed by atoms with Gasteiger partial charge < -0.3 is 14.4 Å². The second-order valence-electron chi connectivity index (χ2n) is 7.89. The maximum atomic E-state index is 13.2. The molecule has 0 radical (unpaired) electrons. The Labute approximate surface area is 161 Å². The molecule has 0 bridgehead atoms. The van der Waals surface area contributed by atoms with Crippen LogP contribution in [0.25, 0.3) is 0 Å². The average molecular weight is 375 g/mol. The fourth-order valence-electron chi connectivity index (χ4n) is 4.15. The van der Waals surface area contributed by atoms with E-state index >= 15 is 0 Å². The van der Waals surface area contributed by atoms with Gasteiger partial charge in [-0.1, -0.05) is 12.1 Å². The molecule has 1 aromatic carbocycles. The summed E-state index contributed by atoms with van der Waals surface area (Å²) in [6.45, 7) is 8.07. The van der Waals surface area contributed by atoms with Gasteiger partial charge in [-0.05, 0) is 51.8 Å². The molecule has 1 N–H and O–H groups in total. The second-order valence-corrected chi connectivity index (χ2v) is 7.89. The van der Waals surface area contributed by atoms with Crippen LogP contribution >= 0.6 is 0 Å². The van der Waals surface area contributed by atoms with E-state index in [9.17, 15) is 9.65 Å². The van der Waals surface area contributed by atoms with E-state index in [4.69, 9.17) is 9.47 Å². The zero-order valence-corrected chi connectivity index (χ0v) is 16.3. The third-order valence-electron chi connectivity index (χ3n) is 5.51. The molecule has 2 heterocycles. The molecule has 0 atom stereocenters. The summed E-state index contributed by atoms with van der Waals surface area (Å²) in [4.78, 5) is 2.41. The highest BCUT2D eigenvalue weighted by Gasteiger charge is 2.39. The summed E-state index contributed by atoms with van der Waals surface area (Å²) in [6, 6.07) is 9.21. The molecule has 2 aliphatic rings. The molecule has 5 nitrogen and oxygen atoms in total. The molecular formula is C21H30FN3O2. The van der Waals surface area contributed by atoms with Gasteiger partial charge in [0.1, 0.15) is 11.4 Å². The molecule has 6 heteroatoms. The van der Waals surface area contributed by atoms with E-state index in [2.05, 4.69) is 30.1 Å². The van der Waals surface area contributed by atoms with Gasteiger partial charge in [-0.2, -0.15) is 5.26 Å². The number of likely N-dealkylation sites (tertiary alicyclic amines) is 1. The first-order chi connectivity index (χ1) is 13.0. The van der Waals surface area contributed by atoms with Gasteiger partial charge in [0.15, 0.2) is 5.79 Å². The Hall–Kier alpha value is -1.52. The van der Waals surface area contributed by atoms with Crippen molar-refractivity contribution in [1.82, 2.24) is 10.2 Å². The molecule has 148 valence electrons. The van der Waals surface area contributed by atoms with E-state index in [1.54, 1.807) is 12.1 Å². The third-order valence-corrected chi connectivity index (χ3v) is 5.51. The van der Waals surface area contributed by atoms with Crippen LogP contribution < -0.4 is 5.32 Å². The van der Waals surface area contributed by atoms with Gasteiger partial charge >= 0.3 is 0 Å². The highest BCUT2D eigenvalue weighted by Crippen LogP contribution is 2.36. The summed E-state index contributed by atoms with van der Waals surface area (Å²) in [6.07, 6.45) is 3.35. The standard InChI is InChI=1S/C21H30FN3O2/c1-17(2)24-20(16-23)9-12-25(13-10-20)11-3-8-21(26-14-15-27-21)18-4-6-19(22)7-5-18/h4-7,17,24H,3,8-15H2,1-2H3. The van der Waals surface area contributed by atoms with Crippen LogP contribution in [-0.2, 0) is 15.3 Å². The molecule has 0 saturated carbocycles. The van der Waals surface area contributed by atoms with Crippen LogP contribution in [0.2, 0.25) is 0 Å². The molecule has 2 saturated heterocycles. The van der Waals surface area contributed by atoms with Crippen molar-refractivity contribution in [2.24, 2.45) is 0 Å². The summed E-state index contributed by atoms with van der Waals surface area (Å²) >= 11 is 0. The number of halogens is 1. The molecule has 27 heavy (non-hydrogen) atoms. The van der Waals surface area contributed by atoms with Gasteiger partial charge in [0, 0.05) is 31.1 Å². The maximum absolute atomic E-state index is 13.2. The van der Waals surface area contributed by atoms with Crippen molar-refractivity contribution in [3.63, 3.8) is 0 Å². The number of hydrogen-bond acceptors (Lipinski definition) is 5. The van der Waals surface area contributed by atoms with E-state index in [0.717, 1.165) is 50.9 Å². The van der Waals surface area contributed by atoms with Gasteiger partial charge in [0.05, 0.1) is 19.3 Å². The summed E-state index contributed by atoms with van der Waals surface area (Å²) < 4.78 is 25.1. The number of benzene rings is 1. The molecular weight excluding hydrogens is 345 g/mol. The Bertz CT molecular complexity index is 642. The van der Waals surface area contributed by atoms with Crippen molar-refractivity contribution in [1.29, 1.82) is 5.26 Å². The van der Waals surface area contributed by atoms with E-state index in [1.807, 2.05) is 0 Å². The molecule has 0 unspecified atom stereocenters. The minimum atomic E-state index is -0.751. The molecule has 0 amide bonds. The van der Waals surface area contributed by atoms with E-state index < -0.39 is 11.3 Å². The lowest BCUT2D eigenvalue weighted by Gasteiger charge is -2.39. The van der Waals surface area contributed by atoms with E-state index in [1.165, 1.54) is 12.1 Å². The van der Waals surface area contributed by atoms with Crippen LogP contribution in [0.1, 0.15) is 45.1 Å². The average Bonchev–Trinajstić information content (AvgIpc) is 3.13. The predicted molar refractivity (Wildman–Crippen MR) is 102 cm³/mol. The Morgan fingerprint density at radius 2 is 1.81 bits per heavy atom. The lowest BCUT2D eigenvalue weighted by molar-refractivity contribution is -0.172. The SMILES string of the molecule is CC(C)NC1(C#N)CCN(CCCC2(c3ccc(F)cc3)OCCO2)CC1. The van der Waals surface area contributed by atoms with E-state index in [-0.39, 0.29) is 5.82 Å². The van der Waals surface area contributed by atoms with Gasteiger partial charge in [-0.15, -0.1) is 0 Å². The summed E-state index contributed by atoms with van der Waals surface area (Å²) in [5.41, 5.74) is 0.488. The fraction of sp³-hybridized carbons (Fsp3) is 0.667. The van der Waals surface area contributed by atoms with E-state index in [0.29, 0.717) is 19.3 Å². The minimum absolute atomic E-state index is 0.254. The van der Waals surface area contributed by atoms with Crippen LogP contribution in [0.5, 0.6) is 0 Å². The monoisotopic (exact) mass is 375 g/mol. The zero-order chi connectivity index (χ0) is 19.3. The van der Waals surface area contributed by atoms with Crippen molar-refractivity contribution in [3.8, 4) is 6.07 Å². The summed E-state index contributed by atoms with van der Waals surface area (Å²) in [5.74, 6) is -1.00. The number of piperidine rings is 1. The second kappa shape index (κ2) is 8.66. The first-order valence-corrected chi connectivity index (χ1v) is 9.92. The molecule has 2 aliphatic heterocycles. The van der Waals surface area contributed by atoms with Crippen LogP contribution in [0.4, 0.5) is 4.39 Å². The number of ether oxygens (including phenoxy) is 2. The molecule has 1 aromatic rings. The first-order valence-electron chi connectivity index (χ1n) is 9.92. The maximum Gasteiger partial charge on any atom is 0.195 e. The van der Waals surface area contributed by atoms with Crippen molar-refractivity contribution < 1.29 is 13.9 Å². The topological polar surface area (TPSA) is 57.5 Å². The Balaban J connectivity index is 1.52. The number of nitriles is 1. The van der Waals surface area contributed by atoms with Gasteiger partial charge in [-0.3, -0.25) is 5.32 Å². The molecule has 0 aliphatic carbocycles. The summed E-state index contributed by atoms with van der Waals surface area (Å²) in [7, 11) is 0. The summed E-state index contributed by atoms with van der Waals surface area (Å²) in [5, 5.41) is 13.0. The quantitative estimate of drug-likeness (QED) is 0.793. The van der Waals surface area contributed by atoms with Crippen molar-refractivity contribution in [3.05, 3.63) is 35.6 Å². The largest absolute Gasteiger partial charge is 0.343 e. The number of nitrogens with one attached hydrogen (secondary N) is 1. The highest BCUT2D eigenvalue weighted by atomic mass is 19.1. The van der Waals surface area contributed by atoms with Gasteiger partial charge in [0.25, 0.3) is 0 Å². The van der Waals surface area contributed by atoms with Crippen LogP contribution in [0.3, 0.4) is 0 Å². The lowest BCUT2D eigenvalue weighted by atomic mass is 9.88. The fourth-order valence-corrected chi connectivity index (χ4v) is 4.15. The van der Waals surface area contributed by atoms with Crippen molar-refractivity contribution in [2.45, 2.75) is 56.9 Å². The van der Waals surface area contributed by atoms with Crippen molar-refractivity contribution >= 4 is 0 Å².